The SMILES string of the molecule is CN(C)CCN(C(=O)C1=COCCO1)c1nc2c(S(C)(=O)=O)cccc2s1. The van der Waals surface area contributed by atoms with Crippen LogP contribution in [0, 0.1) is 0 Å². The molecule has 27 heavy (non-hydrogen) atoms. The Morgan fingerprint density at radius 2 is 2.04 bits per heavy atom. The Kier molecular flexibility index (Phi) is 5.68. The van der Waals surface area contributed by atoms with Gasteiger partial charge < -0.3 is 14.4 Å². The standard InChI is InChI=1S/C17H21N3O5S2/c1-19(2)7-8-20(16(21)12-11-24-9-10-25-12)17-18-15-13(26-17)5-4-6-14(15)27(3,22)23/h4-6,11H,7-10H2,1-3H3. The van der Waals surface area contributed by atoms with Crippen molar-refractivity contribution in [2.75, 3.05) is 51.6 Å². The molecule has 0 aliphatic carbocycles. The Hall–Kier alpha value is -2.17. The maximum atomic E-state index is 13.0. The third-order valence-corrected chi connectivity index (χ3v) is 6.05. The molecule has 0 saturated heterocycles. The number of aromatic nitrogens is 1. The molecular weight excluding hydrogens is 390 g/mol. The van der Waals surface area contributed by atoms with Gasteiger partial charge in [0.15, 0.2) is 15.0 Å². The summed E-state index contributed by atoms with van der Waals surface area (Å²) in [7, 11) is 0.378. The van der Waals surface area contributed by atoms with Gasteiger partial charge in [0, 0.05) is 19.3 Å². The predicted molar refractivity (Wildman–Crippen MR) is 104 cm³/mol. The van der Waals surface area contributed by atoms with Crippen LogP contribution in [0.5, 0.6) is 0 Å². The van der Waals surface area contributed by atoms with Gasteiger partial charge in [0.05, 0.1) is 9.60 Å². The van der Waals surface area contributed by atoms with Crippen molar-refractivity contribution in [3.8, 4) is 0 Å². The molecule has 0 radical (unpaired) electrons. The van der Waals surface area contributed by atoms with Gasteiger partial charge in [-0.1, -0.05) is 17.4 Å². The van der Waals surface area contributed by atoms with Crippen molar-refractivity contribution < 1.29 is 22.7 Å². The molecule has 0 atom stereocenters. The number of benzene rings is 1. The van der Waals surface area contributed by atoms with Crippen LogP contribution >= 0.6 is 11.3 Å². The van der Waals surface area contributed by atoms with E-state index < -0.39 is 9.84 Å². The monoisotopic (exact) mass is 411 g/mol. The first-order valence-corrected chi connectivity index (χ1v) is 11.0. The lowest BCUT2D eigenvalue weighted by molar-refractivity contribution is -0.119. The molecule has 1 aliphatic rings. The molecule has 0 spiro atoms. The van der Waals surface area contributed by atoms with Crippen LogP contribution in [-0.2, 0) is 24.1 Å². The molecule has 0 N–H and O–H groups in total. The second kappa shape index (κ2) is 7.83. The average Bonchev–Trinajstić information content (AvgIpc) is 3.05. The first-order chi connectivity index (χ1) is 12.8. The lowest BCUT2D eigenvalue weighted by atomic mass is 10.3. The third kappa shape index (κ3) is 4.40. The van der Waals surface area contributed by atoms with Crippen LogP contribution in [0.4, 0.5) is 5.13 Å². The zero-order valence-corrected chi connectivity index (χ0v) is 17.0. The van der Waals surface area contributed by atoms with Crippen molar-refractivity contribution >= 4 is 42.4 Å². The summed E-state index contributed by atoms with van der Waals surface area (Å²) in [5.74, 6) is -0.251. The Labute approximate surface area is 161 Å². The number of carbonyl (C=O) groups excluding carboxylic acids is 1. The number of likely N-dealkylation sites (N-methyl/N-ethyl adjacent to an activating group) is 1. The summed E-state index contributed by atoms with van der Waals surface area (Å²) < 4.78 is 35.4. The van der Waals surface area contributed by atoms with Crippen LogP contribution in [-0.4, -0.2) is 70.9 Å². The molecule has 2 heterocycles. The van der Waals surface area contributed by atoms with Crippen LogP contribution in [0.2, 0.25) is 0 Å². The van der Waals surface area contributed by atoms with Crippen molar-refractivity contribution in [2.45, 2.75) is 4.90 Å². The van der Waals surface area contributed by atoms with Gasteiger partial charge in [-0.15, -0.1) is 0 Å². The van der Waals surface area contributed by atoms with E-state index in [1.54, 1.807) is 12.1 Å². The van der Waals surface area contributed by atoms with Crippen molar-refractivity contribution in [3.63, 3.8) is 0 Å². The van der Waals surface area contributed by atoms with Gasteiger partial charge in [0.2, 0.25) is 5.76 Å². The summed E-state index contributed by atoms with van der Waals surface area (Å²) >= 11 is 1.27. The minimum absolute atomic E-state index is 0.114. The highest BCUT2D eigenvalue weighted by Gasteiger charge is 2.27. The fourth-order valence-corrected chi connectivity index (χ4v) is 4.44. The Bertz CT molecular complexity index is 982. The number of ether oxygens (including phenoxy) is 2. The molecule has 8 nitrogen and oxygen atoms in total. The first-order valence-electron chi connectivity index (χ1n) is 8.28. The number of rotatable bonds is 6. The molecule has 0 fully saturated rings. The third-order valence-electron chi connectivity index (χ3n) is 3.88. The second-order valence-electron chi connectivity index (χ2n) is 6.33. The predicted octanol–water partition coefficient (Wildman–Crippen LogP) is 1.48. The van der Waals surface area contributed by atoms with E-state index in [9.17, 15) is 13.2 Å². The number of para-hydroxylation sites is 1. The Morgan fingerprint density at radius 1 is 1.26 bits per heavy atom. The number of fused-ring (bicyclic) bond motifs is 1. The Balaban J connectivity index is 2.03. The molecule has 0 unspecified atom stereocenters. The topological polar surface area (TPSA) is 89.0 Å². The summed E-state index contributed by atoms with van der Waals surface area (Å²) in [6.07, 6.45) is 2.46. The van der Waals surface area contributed by atoms with Crippen LogP contribution in [0.3, 0.4) is 0 Å². The van der Waals surface area contributed by atoms with E-state index >= 15 is 0 Å². The first kappa shape index (κ1) is 19.6. The minimum Gasteiger partial charge on any atom is -0.494 e. The number of thiazole rings is 1. The quantitative estimate of drug-likeness (QED) is 0.711. The van der Waals surface area contributed by atoms with E-state index in [0.29, 0.717) is 41.7 Å². The van der Waals surface area contributed by atoms with Crippen LogP contribution in [0.15, 0.2) is 35.1 Å². The molecule has 3 rings (SSSR count). The molecular formula is C17H21N3O5S2. The van der Waals surface area contributed by atoms with E-state index in [1.807, 2.05) is 19.0 Å². The van der Waals surface area contributed by atoms with E-state index in [2.05, 4.69) is 4.98 Å². The minimum atomic E-state index is -3.43. The van der Waals surface area contributed by atoms with E-state index in [0.717, 1.165) is 6.26 Å². The molecule has 1 aromatic heterocycles. The summed E-state index contributed by atoms with van der Waals surface area (Å²) in [5.41, 5.74) is 0.373. The van der Waals surface area contributed by atoms with Gasteiger partial charge in [-0.2, -0.15) is 0 Å². The molecule has 146 valence electrons. The molecule has 1 aliphatic heterocycles. The lowest BCUT2D eigenvalue weighted by Crippen LogP contribution is -2.38. The van der Waals surface area contributed by atoms with Crippen LogP contribution in [0.1, 0.15) is 0 Å². The summed E-state index contributed by atoms with van der Waals surface area (Å²) in [4.78, 5) is 21.0. The van der Waals surface area contributed by atoms with Gasteiger partial charge >= 0.3 is 0 Å². The molecule has 10 heteroatoms. The van der Waals surface area contributed by atoms with Crippen molar-refractivity contribution in [1.29, 1.82) is 0 Å². The van der Waals surface area contributed by atoms with E-state index in [4.69, 9.17) is 9.47 Å². The van der Waals surface area contributed by atoms with Crippen molar-refractivity contribution in [3.05, 3.63) is 30.2 Å². The number of hydrogen-bond acceptors (Lipinski definition) is 8. The summed E-state index contributed by atoms with van der Waals surface area (Å²) in [6, 6.07) is 4.99. The smallest absolute Gasteiger partial charge is 0.298 e. The van der Waals surface area contributed by atoms with E-state index in [-0.39, 0.29) is 16.6 Å². The number of sulfone groups is 1. The number of hydrogen-bond donors (Lipinski definition) is 0. The fraction of sp³-hybridized carbons (Fsp3) is 0.412. The van der Waals surface area contributed by atoms with Crippen LogP contribution in [0.25, 0.3) is 10.2 Å². The molecule has 1 amide bonds. The summed E-state index contributed by atoms with van der Waals surface area (Å²) in [5, 5.41) is 0.419. The number of amides is 1. The fourth-order valence-electron chi connectivity index (χ4n) is 2.52. The van der Waals surface area contributed by atoms with Gasteiger partial charge in [0.25, 0.3) is 5.91 Å². The summed E-state index contributed by atoms with van der Waals surface area (Å²) in [6.45, 7) is 1.68. The highest BCUT2D eigenvalue weighted by atomic mass is 32.2. The number of carbonyl (C=O) groups is 1. The molecule has 0 bridgehead atoms. The van der Waals surface area contributed by atoms with Gasteiger partial charge in [0.1, 0.15) is 25.0 Å². The van der Waals surface area contributed by atoms with Gasteiger partial charge in [-0.05, 0) is 26.2 Å². The highest BCUT2D eigenvalue weighted by molar-refractivity contribution is 7.91. The number of nitrogens with zero attached hydrogens (tertiary/aromatic N) is 3. The largest absolute Gasteiger partial charge is 0.494 e. The maximum Gasteiger partial charge on any atom is 0.298 e. The highest BCUT2D eigenvalue weighted by Crippen LogP contribution is 2.33. The number of anilines is 1. The molecule has 0 saturated carbocycles. The van der Waals surface area contributed by atoms with Crippen molar-refractivity contribution in [1.82, 2.24) is 9.88 Å². The molecule has 2 aromatic rings. The average molecular weight is 412 g/mol. The second-order valence-corrected chi connectivity index (χ2v) is 9.33. The Morgan fingerprint density at radius 3 is 2.67 bits per heavy atom. The van der Waals surface area contributed by atoms with Crippen LogP contribution < -0.4 is 4.90 Å². The molecule has 1 aromatic carbocycles. The van der Waals surface area contributed by atoms with Crippen molar-refractivity contribution in [2.24, 2.45) is 0 Å². The van der Waals surface area contributed by atoms with E-state index in [1.165, 1.54) is 28.6 Å². The lowest BCUT2D eigenvalue weighted by Gasteiger charge is -2.24. The van der Waals surface area contributed by atoms with Gasteiger partial charge in [-0.3, -0.25) is 9.69 Å². The normalized spacial score (nSPS) is 14.6. The zero-order chi connectivity index (χ0) is 19.6. The maximum absolute atomic E-state index is 13.0. The van der Waals surface area contributed by atoms with Gasteiger partial charge in [-0.25, -0.2) is 13.4 Å². The zero-order valence-electron chi connectivity index (χ0n) is 15.3.